The summed E-state index contributed by atoms with van der Waals surface area (Å²) in [5.74, 6) is -0.944. The van der Waals surface area contributed by atoms with Crippen molar-refractivity contribution in [1.82, 2.24) is 0 Å². The van der Waals surface area contributed by atoms with Crippen LogP contribution in [0.3, 0.4) is 0 Å². The Morgan fingerprint density at radius 2 is 1.57 bits per heavy atom. The Kier molecular flexibility index (Phi) is 5.79. The highest BCUT2D eigenvalue weighted by Gasteiger charge is 2.52. The van der Waals surface area contributed by atoms with Gasteiger partial charge in [0.15, 0.2) is 5.41 Å². The zero-order chi connectivity index (χ0) is 16.3. The predicted molar refractivity (Wildman–Crippen MR) is 85.8 cm³/mol. The lowest BCUT2D eigenvalue weighted by molar-refractivity contribution is -0.168. The molecular formula is C16H28O4Si. The lowest BCUT2D eigenvalue weighted by Crippen LogP contribution is -2.40. The third-order valence-electron chi connectivity index (χ3n) is 5.19. The van der Waals surface area contributed by atoms with Gasteiger partial charge in [-0.1, -0.05) is 43.6 Å². The summed E-state index contributed by atoms with van der Waals surface area (Å²) in [4.78, 5) is 24.4. The Bertz CT molecular complexity index is 433. The number of methoxy groups -OCH3 is 2. The zero-order valence-electron chi connectivity index (χ0n) is 14.2. The van der Waals surface area contributed by atoms with Gasteiger partial charge in [-0.25, -0.2) is 0 Å². The molecule has 0 aromatic carbocycles. The Balaban J connectivity index is 3.05. The molecule has 0 heterocycles. The number of hydrogen-bond donors (Lipinski definition) is 0. The minimum Gasteiger partial charge on any atom is -0.468 e. The molecule has 0 radical (unpaired) electrons. The molecular weight excluding hydrogens is 284 g/mol. The topological polar surface area (TPSA) is 52.6 Å². The van der Waals surface area contributed by atoms with E-state index in [0.29, 0.717) is 12.8 Å². The number of esters is 2. The van der Waals surface area contributed by atoms with E-state index in [1.165, 1.54) is 31.9 Å². The van der Waals surface area contributed by atoms with Gasteiger partial charge in [0.1, 0.15) is 0 Å². The van der Waals surface area contributed by atoms with E-state index in [2.05, 4.69) is 20.4 Å². The highest BCUT2D eigenvalue weighted by Crippen LogP contribution is 2.47. The third-order valence-corrected chi connectivity index (χ3v) is 9.88. The molecule has 0 unspecified atom stereocenters. The molecule has 0 spiro atoms. The maximum Gasteiger partial charge on any atom is 0.323 e. The molecule has 21 heavy (non-hydrogen) atoms. The number of rotatable bonds is 6. The SMILES string of the molecule is CC[Si](C)(CC)CC1=C(C)CC(C(=O)OC)(C(=O)OC)C1. The Morgan fingerprint density at radius 1 is 1.10 bits per heavy atom. The van der Waals surface area contributed by atoms with Crippen molar-refractivity contribution in [2.24, 2.45) is 5.41 Å². The highest BCUT2D eigenvalue weighted by molar-refractivity contribution is 6.79. The van der Waals surface area contributed by atoms with Gasteiger partial charge >= 0.3 is 11.9 Å². The smallest absolute Gasteiger partial charge is 0.323 e. The molecule has 1 aliphatic carbocycles. The first-order valence-corrected chi connectivity index (χ1v) is 10.7. The quantitative estimate of drug-likeness (QED) is 0.326. The molecule has 0 atom stereocenters. The van der Waals surface area contributed by atoms with Crippen molar-refractivity contribution >= 4 is 20.0 Å². The van der Waals surface area contributed by atoms with Gasteiger partial charge in [0.25, 0.3) is 0 Å². The van der Waals surface area contributed by atoms with Crippen LogP contribution in [-0.4, -0.2) is 34.2 Å². The fourth-order valence-electron chi connectivity index (χ4n) is 3.15. The largest absolute Gasteiger partial charge is 0.468 e. The van der Waals surface area contributed by atoms with E-state index >= 15 is 0 Å². The van der Waals surface area contributed by atoms with Crippen molar-refractivity contribution in [2.75, 3.05) is 14.2 Å². The molecule has 0 saturated carbocycles. The number of carbonyl (C=O) groups is 2. The molecule has 0 bridgehead atoms. The standard InChI is InChI=1S/C16H28O4Si/c1-7-21(6,8-2)11-13-10-16(9-12(13)3,14(17)19-4)15(18)20-5/h7-11H2,1-6H3. The van der Waals surface area contributed by atoms with E-state index < -0.39 is 25.4 Å². The molecule has 0 aliphatic heterocycles. The van der Waals surface area contributed by atoms with Crippen molar-refractivity contribution < 1.29 is 19.1 Å². The Labute approximate surface area is 128 Å². The van der Waals surface area contributed by atoms with Crippen LogP contribution in [0.1, 0.15) is 33.6 Å². The van der Waals surface area contributed by atoms with Crippen LogP contribution in [0, 0.1) is 5.41 Å². The minimum absolute atomic E-state index is 0.430. The second-order valence-corrected chi connectivity index (χ2v) is 11.9. The fourth-order valence-corrected chi connectivity index (χ4v) is 5.60. The number of carbonyl (C=O) groups excluding carboxylic acids is 2. The zero-order valence-corrected chi connectivity index (χ0v) is 15.2. The molecule has 5 heteroatoms. The molecule has 0 aromatic rings. The number of allylic oxidation sites excluding steroid dienone is 2. The number of hydrogen-bond acceptors (Lipinski definition) is 4. The summed E-state index contributed by atoms with van der Waals surface area (Å²) in [6.45, 7) is 8.91. The van der Waals surface area contributed by atoms with Crippen LogP contribution in [-0.2, 0) is 19.1 Å². The summed E-state index contributed by atoms with van der Waals surface area (Å²) in [6.07, 6.45) is 0.889. The van der Waals surface area contributed by atoms with E-state index in [0.717, 1.165) is 11.6 Å². The second kappa shape index (κ2) is 6.77. The molecule has 0 amide bonds. The van der Waals surface area contributed by atoms with Crippen LogP contribution in [0.25, 0.3) is 0 Å². The Hall–Kier alpha value is -1.10. The lowest BCUT2D eigenvalue weighted by Gasteiger charge is -2.27. The average Bonchev–Trinajstić information content (AvgIpc) is 2.83. The molecule has 0 aromatic heterocycles. The second-order valence-electron chi connectivity index (χ2n) is 6.50. The van der Waals surface area contributed by atoms with E-state index in [-0.39, 0.29) is 0 Å². The first-order valence-electron chi connectivity index (χ1n) is 7.63. The molecule has 0 fully saturated rings. The van der Waals surface area contributed by atoms with Gasteiger partial charge in [-0.3, -0.25) is 9.59 Å². The highest BCUT2D eigenvalue weighted by atomic mass is 28.3. The minimum atomic E-state index is -1.32. The van der Waals surface area contributed by atoms with Crippen molar-refractivity contribution in [2.45, 2.75) is 58.3 Å². The molecule has 4 nitrogen and oxygen atoms in total. The van der Waals surface area contributed by atoms with Crippen molar-refractivity contribution in [1.29, 1.82) is 0 Å². The maximum atomic E-state index is 12.2. The summed E-state index contributed by atoms with van der Waals surface area (Å²) in [5.41, 5.74) is 1.27. The van der Waals surface area contributed by atoms with Gasteiger partial charge in [-0.15, -0.1) is 0 Å². The van der Waals surface area contributed by atoms with Crippen LogP contribution in [0.2, 0.25) is 24.7 Å². The van der Waals surface area contributed by atoms with Crippen LogP contribution in [0.15, 0.2) is 11.1 Å². The lowest BCUT2D eigenvalue weighted by atomic mass is 9.84. The molecule has 120 valence electrons. The van der Waals surface area contributed by atoms with Gasteiger partial charge in [0.2, 0.25) is 0 Å². The van der Waals surface area contributed by atoms with Crippen molar-refractivity contribution in [3.63, 3.8) is 0 Å². The van der Waals surface area contributed by atoms with Gasteiger partial charge in [0.05, 0.1) is 22.3 Å². The molecule has 1 aliphatic rings. The van der Waals surface area contributed by atoms with Gasteiger partial charge < -0.3 is 9.47 Å². The summed E-state index contributed by atoms with van der Waals surface area (Å²) in [7, 11) is 1.34. The first kappa shape index (κ1) is 17.9. The normalized spacial score (nSPS) is 17.8. The predicted octanol–water partition coefficient (Wildman–Crippen LogP) is 3.55. The van der Waals surface area contributed by atoms with E-state index in [1.807, 2.05) is 6.92 Å². The van der Waals surface area contributed by atoms with E-state index in [1.54, 1.807) is 0 Å². The van der Waals surface area contributed by atoms with Crippen LogP contribution in [0.5, 0.6) is 0 Å². The van der Waals surface area contributed by atoms with Gasteiger partial charge in [-0.2, -0.15) is 0 Å². The molecule has 0 saturated heterocycles. The fraction of sp³-hybridized carbons (Fsp3) is 0.750. The summed E-state index contributed by atoms with van der Waals surface area (Å²) in [6, 6.07) is 3.48. The molecule has 1 rings (SSSR count). The van der Waals surface area contributed by atoms with Crippen LogP contribution < -0.4 is 0 Å². The van der Waals surface area contributed by atoms with E-state index in [9.17, 15) is 9.59 Å². The monoisotopic (exact) mass is 312 g/mol. The Morgan fingerprint density at radius 3 is 1.95 bits per heavy atom. The average molecular weight is 312 g/mol. The van der Waals surface area contributed by atoms with Gasteiger partial charge in [-0.05, 0) is 25.8 Å². The summed E-state index contributed by atoms with van der Waals surface area (Å²) >= 11 is 0. The maximum absolute atomic E-state index is 12.2. The van der Waals surface area contributed by atoms with Gasteiger partial charge in [0, 0.05) is 0 Å². The first-order chi connectivity index (χ1) is 9.78. The summed E-state index contributed by atoms with van der Waals surface area (Å²) < 4.78 is 9.77. The van der Waals surface area contributed by atoms with Crippen LogP contribution in [0.4, 0.5) is 0 Å². The summed E-state index contributed by atoms with van der Waals surface area (Å²) in [5, 5.41) is 0. The van der Waals surface area contributed by atoms with Crippen molar-refractivity contribution in [3.8, 4) is 0 Å². The third kappa shape index (κ3) is 3.39. The van der Waals surface area contributed by atoms with E-state index in [4.69, 9.17) is 9.47 Å². The number of ether oxygens (including phenoxy) is 2. The van der Waals surface area contributed by atoms with Crippen LogP contribution >= 0.6 is 0 Å². The van der Waals surface area contributed by atoms with Crippen molar-refractivity contribution in [3.05, 3.63) is 11.1 Å². The molecule has 0 N–H and O–H groups in total.